The van der Waals surface area contributed by atoms with E-state index in [9.17, 15) is 52.8 Å². The fourth-order valence-electron chi connectivity index (χ4n) is 2.13. The van der Waals surface area contributed by atoms with Crippen LogP contribution in [-0.4, -0.2) is 67.9 Å². The number of alkyl halides is 6. The highest BCUT2D eigenvalue weighted by molar-refractivity contribution is 8.44. The first-order valence-corrected chi connectivity index (χ1v) is 14.6. The number of carbonyl (C=O) groups is 2. The predicted molar refractivity (Wildman–Crippen MR) is 117 cm³/mol. The zero-order valence-electron chi connectivity index (χ0n) is 19.2. The third-order valence-electron chi connectivity index (χ3n) is 4.29. The Bertz CT molecular complexity index is 1280. The van der Waals surface area contributed by atoms with E-state index in [4.69, 9.17) is 14.0 Å². The molecule has 19 heteroatoms. The number of hydrogen-bond acceptors (Lipinski definition) is 9. The number of halogens is 6. The van der Waals surface area contributed by atoms with Gasteiger partial charge in [0.15, 0.2) is 0 Å². The molecule has 0 amide bonds. The van der Waals surface area contributed by atoms with Crippen molar-refractivity contribution in [2.24, 2.45) is 0 Å². The Hall–Kier alpha value is -2.51. The first-order chi connectivity index (χ1) is 16.3. The molecule has 0 aliphatic rings. The van der Waals surface area contributed by atoms with Gasteiger partial charge in [0.25, 0.3) is 0 Å². The van der Waals surface area contributed by atoms with E-state index in [0.717, 1.165) is 12.1 Å². The first-order valence-electron chi connectivity index (χ1n) is 9.28. The number of carbonyl (C=O) groups excluding carboxylic acids is 2. The van der Waals surface area contributed by atoms with E-state index in [0.29, 0.717) is 12.1 Å². The SMILES string of the molecule is C=C(C)C(=O)OC(C)OC(=O)S(C)(C)c1ccc(OS(=O)(=O)C(F)(F)C(F)(F)C(F)(F)S(=O)(=O)O)cc1. The van der Waals surface area contributed by atoms with Crippen LogP contribution in [0.3, 0.4) is 0 Å². The van der Waals surface area contributed by atoms with Crippen LogP contribution in [0.5, 0.6) is 5.75 Å². The molecule has 1 aromatic rings. The third-order valence-corrected chi connectivity index (χ3v) is 8.87. The zero-order chi connectivity index (χ0) is 29.4. The van der Waals surface area contributed by atoms with Gasteiger partial charge >= 0.3 is 47.9 Å². The minimum absolute atomic E-state index is 0.0186. The molecule has 1 aromatic carbocycles. The molecule has 212 valence electrons. The normalized spacial score (nSPS) is 14.9. The molecule has 0 radical (unpaired) electrons. The zero-order valence-corrected chi connectivity index (χ0v) is 21.7. The Labute approximate surface area is 208 Å². The molecule has 10 nitrogen and oxygen atoms in total. The molecular weight excluding hydrogens is 586 g/mol. The van der Waals surface area contributed by atoms with Crippen LogP contribution < -0.4 is 4.18 Å². The maximum Gasteiger partial charge on any atom is 0.450 e. The fraction of sp³-hybridized carbons (Fsp3) is 0.444. The fourth-order valence-corrected chi connectivity index (χ4v) is 4.94. The van der Waals surface area contributed by atoms with Gasteiger partial charge in [-0.1, -0.05) is 6.58 Å². The molecule has 0 saturated heterocycles. The lowest BCUT2D eigenvalue weighted by atomic mass is 10.3. The summed E-state index contributed by atoms with van der Waals surface area (Å²) in [4.78, 5) is 24.1. The van der Waals surface area contributed by atoms with Gasteiger partial charge in [-0.2, -0.15) is 43.2 Å². The quantitative estimate of drug-likeness (QED) is 0.103. The van der Waals surface area contributed by atoms with Crippen LogP contribution in [0.25, 0.3) is 0 Å². The monoisotopic (exact) mass is 606 g/mol. The molecule has 1 rings (SSSR count). The van der Waals surface area contributed by atoms with Crippen LogP contribution in [0.2, 0.25) is 0 Å². The van der Waals surface area contributed by atoms with Gasteiger partial charge in [0.05, 0.1) is 0 Å². The molecule has 0 aliphatic carbocycles. The molecule has 0 bridgehead atoms. The summed E-state index contributed by atoms with van der Waals surface area (Å²) < 4.78 is 148. The van der Waals surface area contributed by atoms with E-state index in [1.54, 1.807) is 0 Å². The van der Waals surface area contributed by atoms with Crippen molar-refractivity contribution in [3.63, 3.8) is 0 Å². The molecule has 0 aliphatic heterocycles. The van der Waals surface area contributed by atoms with Crippen molar-refractivity contribution < 1.29 is 71.0 Å². The van der Waals surface area contributed by atoms with Crippen LogP contribution in [0.4, 0.5) is 31.1 Å². The van der Waals surface area contributed by atoms with Crippen LogP contribution in [0.15, 0.2) is 41.3 Å². The molecule has 0 spiro atoms. The molecule has 0 aromatic heterocycles. The Morgan fingerprint density at radius 2 is 1.38 bits per heavy atom. The van der Waals surface area contributed by atoms with Gasteiger partial charge in [-0.05, 0) is 48.6 Å². The molecule has 0 saturated carbocycles. The van der Waals surface area contributed by atoms with E-state index in [1.165, 1.54) is 26.4 Å². The average molecular weight is 607 g/mol. The van der Waals surface area contributed by atoms with Gasteiger partial charge in [-0.15, -0.1) is 10.0 Å². The lowest BCUT2D eigenvalue weighted by molar-refractivity contribution is -0.247. The topological polar surface area (TPSA) is 150 Å². The Morgan fingerprint density at radius 3 is 1.78 bits per heavy atom. The van der Waals surface area contributed by atoms with E-state index in [-0.39, 0.29) is 10.5 Å². The minimum Gasteiger partial charge on any atom is -0.422 e. The predicted octanol–water partition coefficient (Wildman–Crippen LogP) is 4.13. The standard InChI is InChI=1S/C18H20F6O10S3/c1-10(2)14(25)32-11(3)33-15(26)35(4,5)13-8-6-12(7-9-13)34-37(30,31)18(23,24)16(19,20)17(21,22)36(27,28)29/h6-9,11H,1H2,2-5H3,(H,27,28,29). The van der Waals surface area contributed by atoms with Gasteiger partial charge in [0.2, 0.25) is 6.29 Å². The van der Waals surface area contributed by atoms with Gasteiger partial charge < -0.3 is 13.7 Å². The van der Waals surface area contributed by atoms with Gasteiger partial charge in [-0.25, -0.2) is 9.59 Å². The van der Waals surface area contributed by atoms with Gasteiger partial charge in [0.1, 0.15) is 5.75 Å². The van der Waals surface area contributed by atoms with Crippen molar-refractivity contribution in [1.82, 2.24) is 0 Å². The van der Waals surface area contributed by atoms with Gasteiger partial charge in [0, 0.05) is 12.5 Å². The maximum atomic E-state index is 13.9. The second kappa shape index (κ2) is 10.3. The van der Waals surface area contributed by atoms with Crippen LogP contribution >= 0.6 is 10.0 Å². The maximum absolute atomic E-state index is 13.9. The summed E-state index contributed by atoms with van der Waals surface area (Å²) in [5.74, 6) is -9.12. The highest BCUT2D eigenvalue weighted by Gasteiger charge is 2.83. The number of rotatable bonds is 10. The van der Waals surface area contributed by atoms with Gasteiger partial charge in [-0.3, -0.25) is 4.55 Å². The van der Waals surface area contributed by atoms with Crippen LogP contribution in [-0.2, 0) is 34.5 Å². The highest BCUT2D eigenvalue weighted by atomic mass is 32.3. The van der Waals surface area contributed by atoms with Crippen molar-refractivity contribution in [1.29, 1.82) is 0 Å². The van der Waals surface area contributed by atoms with E-state index in [2.05, 4.69) is 10.8 Å². The number of ether oxygens (including phenoxy) is 2. The first kappa shape index (κ1) is 32.5. The Morgan fingerprint density at radius 1 is 0.919 bits per heavy atom. The molecular formula is C18H20F6O10S3. The van der Waals surface area contributed by atoms with E-state index < -0.39 is 70.0 Å². The minimum atomic E-state index is -7.18. The summed E-state index contributed by atoms with van der Waals surface area (Å²) in [5, 5.41) is -14.7. The summed E-state index contributed by atoms with van der Waals surface area (Å²) >= 11 is 0. The van der Waals surface area contributed by atoms with Crippen LogP contribution in [0, 0.1) is 0 Å². The van der Waals surface area contributed by atoms with E-state index >= 15 is 0 Å². The lowest BCUT2D eigenvalue weighted by Gasteiger charge is -2.30. The van der Waals surface area contributed by atoms with Crippen LogP contribution in [0.1, 0.15) is 13.8 Å². The smallest absolute Gasteiger partial charge is 0.422 e. The molecule has 0 heterocycles. The summed E-state index contributed by atoms with van der Waals surface area (Å²) in [6.07, 6.45) is 1.38. The molecule has 1 atom stereocenters. The third kappa shape index (κ3) is 6.32. The van der Waals surface area contributed by atoms with Crippen molar-refractivity contribution in [2.75, 3.05) is 12.5 Å². The second-order valence-electron chi connectivity index (χ2n) is 7.54. The highest BCUT2D eigenvalue weighted by Crippen LogP contribution is 2.52. The summed E-state index contributed by atoms with van der Waals surface area (Å²) in [5.41, 5.74) is 0.0186. The number of benzene rings is 1. The molecule has 1 unspecified atom stereocenters. The molecule has 0 fully saturated rings. The van der Waals surface area contributed by atoms with Crippen molar-refractivity contribution >= 4 is 41.5 Å². The average Bonchev–Trinajstić information content (AvgIpc) is 2.72. The molecule has 37 heavy (non-hydrogen) atoms. The summed E-state index contributed by atoms with van der Waals surface area (Å²) in [6, 6.07) is 3.09. The second-order valence-corrected chi connectivity index (χ2v) is 14.0. The Kier molecular flexibility index (Phi) is 9.08. The Balaban J connectivity index is 3.17. The van der Waals surface area contributed by atoms with E-state index in [1.807, 2.05) is 0 Å². The van der Waals surface area contributed by atoms with Crippen molar-refractivity contribution in [2.45, 2.75) is 41.5 Å². The van der Waals surface area contributed by atoms with Crippen molar-refractivity contribution in [3.8, 4) is 5.75 Å². The largest absolute Gasteiger partial charge is 0.450 e. The number of esters is 1. The van der Waals surface area contributed by atoms with Crippen molar-refractivity contribution in [3.05, 3.63) is 36.4 Å². The summed E-state index contributed by atoms with van der Waals surface area (Å²) in [6.45, 7) is 5.90. The summed E-state index contributed by atoms with van der Waals surface area (Å²) in [7, 11) is -16.8. The number of hydrogen-bond donors (Lipinski definition) is 1. The molecule has 1 N–H and O–H groups in total. The lowest BCUT2D eigenvalue weighted by Crippen LogP contribution is -2.61.